The zero-order valence-electron chi connectivity index (χ0n) is 15.9. The van der Waals surface area contributed by atoms with Gasteiger partial charge in [-0.25, -0.2) is 17.5 Å². The van der Waals surface area contributed by atoms with Gasteiger partial charge in [0, 0.05) is 17.7 Å². The molecular weight excluding hydrogens is 431 g/mol. The quantitative estimate of drug-likeness (QED) is 0.566. The van der Waals surface area contributed by atoms with E-state index in [1.165, 1.54) is 13.2 Å². The molecule has 0 aliphatic carbocycles. The topological polar surface area (TPSA) is 84.5 Å². The molecule has 1 amide bonds. The van der Waals surface area contributed by atoms with Gasteiger partial charge in [0.25, 0.3) is 5.91 Å². The Bertz CT molecular complexity index is 1190. The lowest BCUT2D eigenvalue weighted by molar-refractivity contribution is 0.102. The van der Waals surface area contributed by atoms with E-state index in [2.05, 4.69) is 10.0 Å². The second-order valence-electron chi connectivity index (χ2n) is 6.22. The van der Waals surface area contributed by atoms with Crippen molar-refractivity contribution in [2.24, 2.45) is 0 Å². The number of para-hydroxylation sites is 2. The summed E-state index contributed by atoms with van der Waals surface area (Å²) >= 11 is 6.02. The highest BCUT2D eigenvalue weighted by molar-refractivity contribution is 7.89. The van der Waals surface area contributed by atoms with Gasteiger partial charge < -0.3 is 10.1 Å². The number of rotatable bonds is 7. The van der Waals surface area contributed by atoms with Crippen molar-refractivity contribution in [3.05, 3.63) is 88.7 Å². The van der Waals surface area contributed by atoms with E-state index in [1.54, 1.807) is 48.5 Å². The lowest BCUT2D eigenvalue weighted by Crippen LogP contribution is -2.25. The standard InChI is InChI=1S/C21H18ClFN2O4S/c1-29-19-9-5-2-6-15(19)13-24-30(27,28)20-12-14(10-11-17(20)23)21(26)25-18-8-4-3-7-16(18)22/h2-12,24H,13H2,1H3,(H,25,26). The average molecular weight is 449 g/mol. The Balaban J connectivity index is 1.83. The van der Waals surface area contributed by atoms with Gasteiger partial charge >= 0.3 is 0 Å². The Morgan fingerprint density at radius 3 is 2.50 bits per heavy atom. The fourth-order valence-corrected chi connectivity index (χ4v) is 4.00. The van der Waals surface area contributed by atoms with Crippen molar-refractivity contribution in [2.75, 3.05) is 12.4 Å². The monoisotopic (exact) mass is 448 g/mol. The number of methoxy groups -OCH3 is 1. The Kier molecular flexibility index (Phi) is 6.71. The predicted molar refractivity (Wildman–Crippen MR) is 113 cm³/mol. The van der Waals surface area contributed by atoms with Crippen molar-refractivity contribution in [3.63, 3.8) is 0 Å². The van der Waals surface area contributed by atoms with E-state index < -0.39 is 26.6 Å². The van der Waals surface area contributed by atoms with Crippen LogP contribution in [0.1, 0.15) is 15.9 Å². The number of carbonyl (C=O) groups is 1. The third-order valence-electron chi connectivity index (χ3n) is 4.25. The highest BCUT2D eigenvalue weighted by Crippen LogP contribution is 2.23. The van der Waals surface area contributed by atoms with E-state index in [0.717, 1.165) is 12.1 Å². The second-order valence-corrected chi connectivity index (χ2v) is 8.36. The Hall–Kier alpha value is -2.94. The molecule has 0 saturated heterocycles. The molecule has 9 heteroatoms. The van der Waals surface area contributed by atoms with Gasteiger partial charge in [-0.2, -0.15) is 0 Å². The molecule has 0 aromatic heterocycles. The fourth-order valence-electron chi connectivity index (χ4n) is 2.71. The molecular formula is C21H18ClFN2O4S. The van der Waals surface area contributed by atoms with Crippen LogP contribution >= 0.6 is 11.6 Å². The van der Waals surface area contributed by atoms with Crippen LogP contribution in [0.4, 0.5) is 10.1 Å². The van der Waals surface area contributed by atoms with Gasteiger partial charge in [0.05, 0.1) is 17.8 Å². The van der Waals surface area contributed by atoms with E-state index in [4.69, 9.17) is 16.3 Å². The molecule has 3 aromatic carbocycles. The number of nitrogens with one attached hydrogen (secondary N) is 2. The van der Waals surface area contributed by atoms with Crippen LogP contribution in [0.25, 0.3) is 0 Å². The summed E-state index contributed by atoms with van der Waals surface area (Å²) in [7, 11) is -2.77. The molecule has 156 valence electrons. The van der Waals surface area contributed by atoms with Crippen molar-refractivity contribution in [1.29, 1.82) is 0 Å². The molecule has 0 aliphatic heterocycles. The van der Waals surface area contributed by atoms with Gasteiger partial charge in [0.2, 0.25) is 10.0 Å². The maximum Gasteiger partial charge on any atom is 0.255 e. The molecule has 0 aliphatic rings. The lowest BCUT2D eigenvalue weighted by atomic mass is 10.2. The molecule has 2 N–H and O–H groups in total. The molecule has 6 nitrogen and oxygen atoms in total. The minimum atomic E-state index is -4.24. The molecule has 0 atom stereocenters. The fraction of sp³-hybridized carbons (Fsp3) is 0.0952. The molecule has 3 rings (SSSR count). The van der Waals surface area contributed by atoms with Crippen molar-refractivity contribution < 1.29 is 22.3 Å². The predicted octanol–water partition coefficient (Wildman–Crippen LogP) is 4.22. The van der Waals surface area contributed by atoms with Crippen LogP contribution in [0.5, 0.6) is 5.75 Å². The van der Waals surface area contributed by atoms with E-state index in [9.17, 15) is 17.6 Å². The van der Waals surface area contributed by atoms with Gasteiger partial charge in [-0.15, -0.1) is 0 Å². The number of carbonyl (C=O) groups excluding carboxylic acids is 1. The summed E-state index contributed by atoms with van der Waals surface area (Å²) < 4.78 is 47.1. The molecule has 0 heterocycles. The Labute approximate surface area is 178 Å². The zero-order chi connectivity index (χ0) is 21.7. The second kappa shape index (κ2) is 9.25. The lowest BCUT2D eigenvalue weighted by Gasteiger charge is -2.12. The minimum Gasteiger partial charge on any atom is -0.496 e. The van der Waals surface area contributed by atoms with E-state index in [0.29, 0.717) is 22.0 Å². The van der Waals surface area contributed by atoms with Crippen molar-refractivity contribution >= 4 is 33.2 Å². The first-order valence-corrected chi connectivity index (χ1v) is 10.6. The van der Waals surface area contributed by atoms with Crippen LogP contribution in [-0.4, -0.2) is 21.4 Å². The summed E-state index contributed by atoms with van der Waals surface area (Å²) in [6.45, 7) is -0.109. The van der Waals surface area contributed by atoms with Crippen molar-refractivity contribution in [1.82, 2.24) is 4.72 Å². The van der Waals surface area contributed by atoms with E-state index in [1.807, 2.05) is 0 Å². The maximum absolute atomic E-state index is 14.3. The van der Waals surface area contributed by atoms with Gasteiger partial charge in [0.15, 0.2) is 0 Å². The Morgan fingerprint density at radius 2 is 1.77 bits per heavy atom. The summed E-state index contributed by atoms with van der Waals surface area (Å²) in [6.07, 6.45) is 0. The summed E-state index contributed by atoms with van der Waals surface area (Å²) in [6, 6.07) is 16.5. The summed E-state index contributed by atoms with van der Waals surface area (Å²) in [4.78, 5) is 11.9. The SMILES string of the molecule is COc1ccccc1CNS(=O)(=O)c1cc(C(=O)Nc2ccccc2Cl)ccc1F. The van der Waals surface area contributed by atoms with Crippen LogP contribution in [0.15, 0.2) is 71.6 Å². The number of ether oxygens (including phenoxy) is 1. The van der Waals surface area contributed by atoms with E-state index in [-0.39, 0.29) is 12.1 Å². The first-order valence-electron chi connectivity index (χ1n) is 8.79. The average Bonchev–Trinajstić information content (AvgIpc) is 2.74. The minimum absolute atomic E-state index is 0.0333. The van der Waals surface area contributed by atoms with Crippen LogP contribution in [0.2, 0.25) is 5.02 Å². The molecule has 30 heavy (non-hydrogen) atoms. The van der Waals surface area contributed by atoms with Crippen LogP contribution < -0.4 is 14.8 Å². The number of anilines is 1. The molecule has 0 unspecified atom stereocenters. The number of benzene rings is 3. The highest BCUT2D eigenvalue weighted by Gasteiger charge is 2.22. The summed E-state index contributed by atoms with van der Waals surface area (Å²) in [5.41, 5.74) is 0.901. The number of sulfonamides is 1. The van der Waals surface area contributed by atoms with E-state index >= 15 is 0 Å². The van der Waals surface area contributed by atoms with Crippen LogP contribution in [-0.2, 0) is 16.6 Å². The molecule has 0 fully saturated rings. The number of hydrogen-bond donors (Lipinski definition) is 2. The third kappa shape index (κ3) is 4.96. The Morgan fingerprint density at radius 1 is 1.07 bits per heavy atom. The van der Waals surface area contributed by atoms with Gasteiger partial charge in [-0.1, -0.05) is 41.9 Å². The normalized spacial score (nSPS) is 11.2. The molecule has 3 aromatic rings. The number of halogens is 2. The smallest absolute Gasteiger partial charge is 0.255 e. The zero-order valence-corrected chi connectivity index (χ0v) is 17.4. The van der Waals surface area contributed by atoms with Crippen molar-refractivity contribution in [2.45, 2.75) is 11.4 Å². The number of amides is 1. The third-order valence-corrected chi connectivity index (χ3v) is 6.00. The van der Waals surface area contributed by atoms with Gasteiger partial charge in [0.1, 0.15) is 16.5 Å². The van der Waals surface area contributed by atoms with Crippen LogP contribution in [0, 0.1) is 5.82 Å². The van der Waals surface area contributed by atoms with Gasteiger partial charge in [-0.3, -0.25) is 4.79 Å². The first-order chi connectivity index (χ1) is 14.3. The van der Waals surface area contributed by atoms with Crippen LogP contribution in [0.3, 0.4) is 0 Å². The summed E-state index contributed by atoms with van der Waals surface area (Å²) in [5, 5.41) is 2.89. The molecule has 0 radical (unpaired) electrons. The largest absolute Gasteiger partial charge is 0.496 e. The number of hydrogen-bond acceptors (Lipinski definition) is 4. The molecule has 0 spiro atoms. The molecule has 0 saturated carbocycles. The molecule has 0 bridgehead atoms. The highest BCUT2D eigenvalue weighted by atomic mass is 35.5. The van der Waals surface area contributed by atoms with Gasteiger partial charge in [-0.05, 0) is 36.4 Å². The van der Waals surface area contributed by atoms with Crippen molar-refractivity contribution in [3.8, 4) is 5.75 Å². The maximum atomic E-state index is 14.3. The summed E-state index contributed by atoms with van der Waals surface area (Å²) in [5.74, 6) is -1.10. The first kappa shape index (κ1) is 21.8.